The second-order valence-corrected chi connectivity index (χ2v) is 2.93. The van der Waals surface area contributed by atoms with Crippen LogP contribution in [0.1, 0.15) is 16.7 Å². The standard InChI is InChI=1S/C11H15N/c1-3-10-4-5-11(6-7-12)9(2)8-10/h3-5,8H,1,6-7,12H2,2H3. The molecule has 2 N–H and O–H groups in total. The molecule has 0 atom stereocenters. The zero-order valence-corrected chi connectivity index (χ0v) is 7.51. The molecule has 0 aliphatic heterocycles. The highest BCUT2D eigenvalue weighted by atomic mass is 14.5. The van der Waals surface area contributed by atoms with Crippen molar-refractivity contribution >= 4 is 6.08 Å². The zero-order valence-electron chi connectivity index (χ0n) is 7.51. The Bertz CT molecular complexity index is 276. The Labute approximate surface area is 73.9 Å². The van der Waals surface area contributed by atoms with E-state index in [0.29, 0.717) is 6.54 Å². The molecule has 0 unspecified atom stereocenters. The summed E-state index contributed by atoms with van der Waals surface area (Å²) in [6.45, 7) is 6.55. The lowest BCUT2D eigenvalue weighted by Gasteiger charge is -2.04. The van der Waals surface area contributed by atoms with Gasteiger partial charge in [-0.25, -0.2) is 0 Å². The molecule has 0 radical (unpaired) electrons. The lowest BCUT2D eigenvalue weighted by Crippen LogP contribution is -2.03. The van der Waals surface area contributed by atoms with Crippen molar-refractivity contribution in [3.63, 3.8) is 0 Å². The highest BCUT2D eigenvalue weighted by molar-refractivity contribution is 5.49. The first-order valence-corrected chi connectivity index (χ1v) is 4.20. The minimum Gasteiger partial charge on any atom is -0.330 e. The lowest BCUT2D eigenvalue weighted by atomic mass is 10.0. The van der Waals surface area contributed by atoms with Crippen molar-refractivity contribution in [2.24, 2.45) is 5.73 Å². The lowest BCUT2D eigenvalue weighted by molar-refractivity contribution is 0.958. The first-order chi connectivity index (χ1) is 5.77. The summed E-state index contributed by atoms with van der Waals surface area (Å²) in [7, 11) is 0. The molecule has 1 aromatic carbocycles. The second kappa shape index (κ2) is 4.07. The van der Waals surface area contributed by atoms with Crippen LogP contribution in [-0.2, 0) is 6.42 Å². The Hall–Kier alpha value is -1.08. The van der Waals surface area contributed by atoms with Gasteiger partial charge in [-0.1, -0.05) is 30.9 Å². The molecular weight excluding hydrogens is 146 g/mol. The minimum absolute atomic E-state index is 0.717. The summed E-state index contributed by atoms with van der Waals surface area (Å²) >= 11 is 0. The summed E-state index contributed by atoms with van der Waals surface area (Å²) in [6.07, 6.45) is 2.82. The van der Waals surface area contributed by atoms with E-state index in [1.54, 1.807) is 0 Å². The predicted molar refractivity (Wildman–Crippen MR) is 54.0 cm³/mol. The molecule has 0 saturated carbocycles. The number of benzene rings is 1. The molecule has 0 aliphatic rings. The van der Waals surface area contributed by atoms with Gasteiger partial charge in [0.05, 0.1) is 0 Å². The molecule has 0 fully saturated rings. The molecule has 1 aromatic rings. The average molecular weight is 161 g/mol. The summed E-state index contributed by atoms with van der Waals surface area (Å²) in [5.74, 6) is 0. The SMILES string of the molecule is C=Cc1ccc(CCN)c(C)c1. The van der Waals surface area contributed by atoms with E-state index >= 15 is 0 Å². The van der Waals surface area contributed by atoms with Crippen molar-refractivity contribution in [1.29, 1.82) is 0 Å². The number of rotatable bonds is 3. The fourth-order valence-electron chi connectivity index (χ4n) is 1.28. The molecule has 0 bridgehead atoms. The first-order valence-electron chi connectivity index (χ1n) is 4.20. The van der Waals surface area contributed by atoms with E-state index in [2.05, 4.69) is 31.7 Å². The average Bonchev–Trinajstić information content (AvgIpc) is 2.09. The molecule has 0 amide bonds. The fraction of sp³-hybridized carbons (Fsp3) is 0.273. The van der Waals surface area contributed by atoms with Crippen LogP contribution in [-0.4, -0.2) is 6.54 Å². The Kier molecular flexibility index (Phi) is 3.06. The van der Waals surface area contributed by atoms with Crippen LogP contribution in [0.4, 0.5) is 0 Å². The number of hydrogen-bond donors (Lipinski definition) is 1. The van der Waals surface area contributed by atoms with E-state index in [4.69, 9.17) is 5.73 Å². The van der Waals surface area contributed by atoms with Crippen LogP contribution in [0.5, 0.6) is 0 Å². The highest BCUT2D eigenvalue weighted by Crippen LogP contribution is 2.11. The normalized spacial score (nSPS) is 9.83. The molecule has 0 heterocycles. The largest absolute Gasteiger partial charge is 0.330 e. The van der Waals surface area contributed by atoms with Crippen molar-refractivity contribution in [3.8, 4) is 0 Å². The number of hydrogen-bond acceptors (Lipinski definition) is 1. The third-order valence-electron chi connectivity index (χ3n) is 2.02. The van der Waals surface area contributed by atoms with Crippen LogP contribution in [0.3, 0.4) is 0 Å². The van der Waals surface area contributed by atoms with Crippen LogP contribution in [0.25, 0.3) is 6.08 Å². The van der Waals surface area contributed by atoms with E-state index in [0.717, 1.165) is 6.42 Å². The third-order valence-corrected chi connectivity index (χ3v) is 2.02. The molecule has 0 aliphatic carbocycles. The van der Waals surface area contributed by atoms with Gasteiger partial charge < -0.3 is 5.73 Å². The van der Waals surface area contributed by atoms with Gasteiger partial charge >= 0.3 is 0 Å². The summed E-state index contributed by atoms with van der Waals surface area (Å²) < 4.78 is 0. The highest BCUT2D eigenvalue weighted by Gasteiger charge is 1.96. The van der Waals surface area contributed by atoms with E-state index < -0.39 is 0 Å². The Morgan fingerprint density at radius 2 is 2.25 bits per heavy atom. The minimum atomic E-state index is 0.717. The van der Waals surface area contributed by atoms with Gasteiger partial charge in [0, 0.05) is 0 Å². The third kappa shape index (κ3) is 1.95. The van der Waals surface area contributed by atoms with Crippen LogP contribution < -0.4 is 5.73 Å². The maximum absolute atomic E-state index is 5.48. The predicted octanol–water partition coefficient (Wildman–Crippen LogP) is 2.14. The Morgan fingerprint density at radius 3 is 2.75 bits per heavy atom. The smallest absolute Gasteiger partial charge is 0.00366 e. The second-order valence-electron chi connectivity index (χ2n) is 2.93. The van der Waals surface area contributed by atoms with Crippen molar-refractivity contribution in [1.82, 2.24) is 0 Å². The molecule has 64 valence electrons. The van der Waals surface area contributed by atoms with Crippen LogP contribution >= 0.6 is 0 Å². The summed E-state index contributed by atoms with van der Waals surface area (Å²) in [4.78, 5) is 0. The number of aryl methyl sites for hydroxylation is 1. The van der Waals surface area contributed by atoms with Crippen molar-refractivity contribution in [2.45, 2.75) is 13.3 Å². The van der Waals surface area contributed by atoms with Gasteiger partial charge in [0.2, 0.25) is 0 Å². The zero-order chi connectivity index (χ0) is 8.97. The monoisotopic (exact) mass is 161 g/mol. The van der Waals surface area contributed by atoms with Crippen molar-refractivity contribution in [3.05, 3.63) is 41.5 Å². The Morgan fingerprint density at radius 1 is 1.50 bits per heavy atom. The molecule has 1 rings (SSSR count). The Balaban J connectivity index is 2.94. The van der Waals surface area contributed by atoms with E-state index in [9.17, 15) is 0 Å². The van der Waals surface area contributed by atoms with E-state index in [1.807, 2.05) is 6.08 Å². The first kappa shape index (κ1) is 9.01. The molecule has 12 heavy (non-hydrogen) atoms. The maximum atomic E-state index is 5.48. The van der Waals surface area contributed by atoms with Gasteiger partial charge in [-0.2, -0.15) is 0 Å². The van der Waals surface area contributed by atoms with Crippen LogP contribution in [0.15, 0.2) is 24.8 Å². The van der Waals surface area contributed by atoms with Gasteiger partial charge in [0.1, 0.15) is 0 Å². The van der Waals surface area contributed by atoms with Gasteiger partial charge in [-0.15, -0.1) is 0 Å². The molecule has 0 saturated heterocycles. The van der Waals surface area contributed by atoms with E-state index in [1.165, 1.54) is 16.7 Å². The van der Waals surface area contributed by atoms with Crippen molar-refractivity contribution in [2.75, 3.05) is 6.54 Å². The quantitative estimate of drug-likeness (QED) is 0.722. The van der Waals surface area contributed by atoms with Crippen molar-refractivity contribution < 1.29 is 0 Å². The maximum Gasteiger partial charge on any atom is -0.00366 e. The van der Waals surface area contributed by atoms with Gasteiger partial charge in [0.15, 0.2) is 0 Å². The summed E-state index contributed by atoms with van der Waals surface area (Å²) in [5.41, 5.74) is 9.29. The molecule has 1 nitrogen and oxygen atoms in total. The molecule has 0 spiro atoms. The van der Waals surface area contributed by atoms with E-state index in [-0.39, 0.29) is 0 Å². The molecule has 0 aromatic heterocycles. The van der Waals surface area contributed by atoms with Crippen LogP contribution in [0.2, 0.25) is 0 Å². The topological polar surface area (TPSA) is 26.0 Å². The van der Waals surface area contributed by atoms with Gasteiger partial charge in [0.25, 0.3) is 0 Å². The fourth-order valence-corrected chi connectivity index (χ4v) is 1.28. The summed E-state index contributed by atoms with van der Waals surface area (Å²) in [5, 5.41) is 0. The van der Waals surface area contributed by atoms with Gasteiger partial charge in [-0.3, -0.25) is 0 Å². The number of nitrogens with two attached hydrogens (primary N) is 1. The van der Waals surface area contributed by atoms with Crippen LogP contribution in [0, 0.1) is 6.92 Å². The molecular formula is C11H15N. The van der Waals surface area contributed by atoms with Gasteiger partial charge in [-0.05, 0) is 36.6 Å². The summed E-state index contributed by atoms with van der Waals surface area (Å²) in [6, 6.07) is 6.34. The molecule has 1 heteroatoms.